The van der Waals surface area contributed by atoms with Crippen LogP contribution in [-0.2, 0) is 39.7 Å². The van der Waals surface area contributed by atoms with Crippen molar-refractivity contribution in [1.29, 1.82) is 0 Å². The van der Waals surface area contributed by atoms with Crippen LogP contribution in [0.15, 0.2) is 0 Å². The molecule has 0 radical (unpaired) electrons. The molecule has 5 N–H and O–H groups in total. The Morgan fingerprint density at radius 2 is 1.74 bits per heavy atom. The minimum Gasteiger partial charge on any atom is -0.477 e. The van der Waals surface area contributed by atoms with Crippen LogP contribution >= 0.6 is 12.6 Å². The van der Waals surface area contributed by atoms with Gasteiger partial charge in [-0.05, 0) is 27.7 Å². The monoisotopic (exact) mass is 541 g/mol. The van der Waals surface area contributed by atoms with Gasteiger partial charge in [-0.1, -0.05) is 0 Å². The van der Waals surface area contributed by atoms with Crippen molar-refractivity contribution in [2.24, 2.45) is 0 Å². The Hall–Kier alpha value is -2.07. The van der Waals surface area contributed by atoms with Crippen molar-refractivity contribution in [1.82, 2.24) is 16.0 Å². The zero-order chi connectivity index (χ0) is 27.2. The third-order valence-corrected chi connectivity index (χ3v) is 6.02. The number of carbonyl (C=O) groups excluding carboxylic acids is 3. The van der Waals surface area contributed by atoms with E-state index in [4.69, 9.17) is 14.6 Å². The lowest BCUT2D eigenvalue weighted by molar-refractivity contribution is -0.533. The molecule has 202 valence electrons. The van der Waals surface area contributed by atoms with Crippen molar-refractivity contribution in [2.75, 3.05) is 40.0 Å². The van der Waals surface area contributed by atoms with Crippen LogP contribution in [0.2, 0.25) is 0 Å². The highest BCUT2D eigenvalue weighted by Crippen LogP contribution is 2.13. The van der Waals surface area contributed by atoms with Gasteiger partial charge in [-0.15, -0.1) is 12.6 Å². The van der Waals surface area contributed by atoms with E-state index in [1.807, 2.05) is 0 Å². The number of hydrogen-bond acceptors (Lipinski definition) is 8. The number of thiol groups is 1. The van der Waals surface area contributed by atoms with Gasteiger partial charge in [0, 0.05) is 19.4 Å². The lowest BCUT2D eigenvalue weighted by Crippen LogP contribution is -2.55. The van der Waals surface area contributed by atoms with Crippen molar-refractivity contribution >= 4 is 53.6 Å². The zero-order valence-corrected chi connectivity index (χ0v) is 22.4. The maximum absolute atomic E-state index is 12.4. The van der Waals surface area contributed by atoms with E-state index in [9.17, 15) is 27.9 Å². The number of carboxylic acid groups (broad SMARTS) is 1. The van der Waals surface area contributed by atoms with Crippen LogP contribution in [0.1, 0.15) is 40.5 Å². The first kappa shape index (κ1) is 32.9. The molecular formula is C20H37N4O9S2+. The van der Waals surface area contributed by atoms with E-state index in [2.05, 4.69) is 28.6 Å². The summed E-state index contributed by atoms with van der Waals surface area (Å²) in [5, 5.41) is 15.9. The van der Waals surface area contributed by atoms with E-state index in [1.54, 1.807) is 0 Å². The Bertz CT molecular complexity index is 803. The molecule has 13 nitrogen and oxygen atoms in total. The number of nitrogens with one attached hydrogen (secondary N) is 3. The highest BCUT2D eigenvalue weighted by molar-refractivity contribution is 7.82. The first-order valence-electron chi connectivity index (χ1n) is 10.7. The Morgan fingerprint density at radius 1 is 1.14 bits per heavy atom. The largest absolute Gasteiger partial charge is 0.477 e. The first-order valence-corrected chi connectivity index (χ1v) is 12.3. The van der Waals surface area contributed by atoms with Gasteiger partial charge < -0.3 is 29.8 Å². The van der Waals surface area contributed by atoms with Crippen LogP contribution in [0, 0.1) is 0 Å². The number of carboxylic acids is 1. The number of aliphatic carboxylic acids is 1. The van der Waals surface area contributed by atoms with E-state index < -0.39 is 44.6 Å². The molecule has 0 rings (SSSR count). The molecule has 0 aliphatic rings. The van der Waals surface area contributed by atoms with E-state index in [0.717, 1.165) is 0 Å². The summed E-state index contributed by atoms with van der Waals surface area (Å²) < 4.78 is 32.6. The lowest BCUT2D eigenvalue weighted by atomic mass is 10.0. The molecule has 3 unspecified atom stereocenters. The second kappa shape index (κ2) is 15.8. The predicted octanol–water partition coefficient (Wildman–Crippen LogP) is -1.06. The Kier molecular flexibility index (Phi) is 14.9. The molecule has 35 heavy (non-hydrogen) atoms. The summed E-state index contributed by atoms with van der Waals surface area (Å²) >= 11 is 1.67. The molecule has 0 aliphatic carbocycles. The van der Waals surface area contributed by atoms with E-state index in [1.165, 1.54) is 45.7 Å². The average molecular weight is 542 g/mol. The van der Waals surface area contributed by atoms with Crippen LogP contribution in [0.3, 0.4) is 0 Å². The fourth-order valence-corrected chi connectivity index (χ4v) is 2.89. The quantitative estimate of drug-likeness (QED) is 0.0238. The molecule has 0 aromatic rings. The maximum Gasteiger partial charge on any atom is 0.362 e. The second-order valence-electron chi connectivity index (χ2n) is 8.33. The molecule has 0 aromatic carbocycles. The molecule has 0 spiro atoms. The second-order valence-corrected chi connectivity index (χ2v) is 10.3. The molecule has 0 fully saturated rings. The normalized spacial score (nSPS) is 15.5. The highest BCUT2D eigenvalue weighted by atomic mass is 32.2. The summed E-state index contributed by atoms with van der Waals surface area (Å²) in [6.45, 7) is 6.73. The van der Waals surface area contributed by atoms with Gasteiger partial charge in [0.25, 0.3) is 0 Å². The summed E-state index contributed by atoms with van der Waals surface area (Å²) in [7, 11) is 1.42. The summed E-state index contributed by atoms with van der Waals surface area (Å²) in [4.78, 5) is 45.1. The molecule has 3 atom stereocenters. The Labute approximate surface area is 213 Å². The van der Waals surface area contributed by atoms with Gasteiger partial charge >= 0.3 is 5.97 Å². The SMILES string of the molecule is CC(=O)COCCOCCNC(=O)C(C)(C)NC(=O)CCC(N/C=[N+](\C)C(C)(S)C(=O)O)S(=O)O. The third-order valence-electron chi connectivity index (χ3n) is 4.65. The Morgan fingerprint density at radius 3 is 2.29 bits per heavy atom. The van der Waals surface area contributed by atoms with Gasteiger partial charge in [-0.3, -0.25) is 19.7 Å². The molecule has 0 saturated carbocycles. The molecule has 0 aliphatic heterocycles. The maximum atomic E-state index is 12.4. The number of ether oxygens (including phenoxy) is 2. The molecule has 0 saturated heterocycles. The fourth-order valence-electron chi connectivity index (χ4n) is 2.34. The van der Waals surface area contributed by atoms with Crippen LogP contribution < -0.4 is 16.0 Å². The van der Waals surface area contributed by atoms with E-state index in [0.29, 0.717) is 0 Å². The third kappa shape index (κ3) is 13.6. The van der Waals surface area contributed by atoms with Gasteiger partial charge in [0.15, 0.2) is 22.2 Å². The number of amides is 2. The number of carbonyl (C=O) groups is 4. The van der Waals surface area contributed by atoms with Gasteiger partial charge in [-0.2, -0.15) is 0 Å². The van der Waals surface area contributed by atoms with Crippen molar-refractivity contribution in [2.45, 2.75) is 56.3 Å². The van der Waals surface area contributed by atoms with Crippen LogP contribution in [0.4, 0.5) is 0 Å². The smallest absolute Gasteiger partial charge is 0.362 e. The zero-order valence-electron chi connectivity index (χ0n) is 20.7. The number of hydrogen-bond donors (Lipinski definition) is 6. The molecule has 15 heteroatoms. The predicted molar refractivity (Wildman–Crippen MR) is 132 cm³/mol. The summed E-state index contributed by atoms with van der Waals surface area (Å²) in [5.74, 6) is -2.26. The van der Waals surface area contributed by atoms with Gasteiger partial charge in [-0.25, -0.2) is 13.6 Å². The molecule has 0 heterocycles. The van der Waals surface area contributed by atoms with Crippen molar-refractivity contribution in [3.63, 3.8) is 0 Å². The highest BCUT2D eigenvalue weighted by Gasteiger charge is 2.35. The van der Waals surface area contributed by atoms with Crippen LogP contribution in [0.25, 0.3) is 0 Å². The molecular weight excluding hydrogens is 504 g/mol. The molecule has 0 bridgehead atoms. The number of Topliss-reactive ketones (excluding diaryl/α,β-unsaturated/α-hetero) is 1. The summed E-state index contributed by atoms with van der Waals surface area (Å²) in [5.41, 5.74) is -1.25. The van der Waals surface area contributed by atoms with Crippen LogP contribution in [-0.4, -0.2) is 104 Å². The van der Waals surface area contributed by atoms with Crippen LogP contribution in [0.5, 0.6) is 0 Å². The number of rotatable bonds is 18. The first-order chi connectivity index (χ1) is 16.1. The topological polar surface area (TPSA) is 183 Å². The van der Waals surface area contributed by atoms with Crippen molar-refractivity contribution in [3.8, 4) is 0 Å². The van der Waals surface area contributed by atoms with Gasteiger partial charge in [0.1, 0.15) is 12.1 Å². The Balaban J connectivity index is 4.53. The number of nitrogens with zero attached hydrogens (tertiary/aromatic N) is 1. The average Bonchev–Trinajstić information content (AvgIpc) is 2.73. The van der Waals surface area contributed by atoms with Crippen molar-refractivity contribution < 1.29 is 47.1 Å². The van der Waals surface area contributed by atoms with Gasteiger partial charge in [0.2, 0.25) is 23.0 Å². The molecule has 2 amide bonds. The van der Waals surface area contributed by atoms with Crippen molar-refractivity contribution in [3.05, 3.63) is 0 Å². The minimum absolute atomic E-state index is 0.0220. The summed E-state index contributed by atoms with van der Waals surface area (Å²) in [6.07, 6.45) is 0.971. The van der Waals surface area contributed by atoms with E-state index in [-0.39, 0.29) is 51.6 Å². The molecule has 0 aromatic heterocycles. The lowest BCUT2D eigenvalue weighted by Gasteiger charge is -2.25. The summed E-state index contributed by atoms with van der Waals surface area (Å²) in [6, 6.07) is 0. The van der Waals surface area contributed by atoms with Gasteiger partial charge in [0.05, 0.1) is 26.9 Å². The minimum atomic E-state index is -2.36. The fraction of sp³-hybridized carbons (Fsp3) is 0.750. The standard InChI is InChI=1S/C20H36N4O9S2/c1-14(25)12-33-11-10-32-9-8-21-17(27)19(2,3)23-15(26)6-7-16(35(30)31)22-13-24(5)20(4,34)18(28)29/h13,16H,6-12H2,1-5H3,(H5,21,23,26,27,28,29,30,31,34)/p+1. The number of ketones is 1. The van der Waals surface area contributed by atoms with E-state index >= 15 is 0 Å². The number of likely N-dealkylation sites (N-methyl/N-ethyl adjacent to an activating group) is 1.